The zero-order valence-corrected chi connectivity index (χ0v) is 18.6. The highest BCUT2D eigenvalue weighted by molar-refractivity contribution is 6.31. The van der Waals surface area contributed by atoms with Crippen LogP contribution in [0, 0.1) is 6.92 Å². The molecule has 0 unspecified atom stereocenters. The number of nitrogens with one attached hydrogen (secondary N) is 1. The van der Waals surface area contributed by atoms with Crippen LogP contribution in [0.25, 0.3) is 6.08 Å². The van der Waals surface area contributed by atoms with Gasteiger partial charge in [0.1, 0.15) is 18.1 Å². The Kier molecular flexibility index (Phi) is 7.73. The Hall–Kier alpha value is -3.25. The number of ether oxygens (including phenoxy) is 2. The molecule has 0 aliphatic rings. The second-order valence-corrected chi connectivity index (χ2v) is 7.34. The molecular formula is C24H26ClN3O3. The van der Waals surface area contributed by atoms with Crippen LogP contribution < -0.4 is 14.8 Å². The Morgan fingerprint density at radius 1 is 1.23 bits per heavy atom. The maximum atomic E-state index is 12.3. The molecule has 0 aliphatic carbocycles. The lowest BCUT2D eigenvalue weighted by molar-refractivity contribution is -0.116. The van der Waals surface area contributed by atoms with Gasteiger partial charge in [-0.25, -0.2) is 0 Å². The quantitative estimate of drug-likeness (QED) is 0.487. The first-order chi connectivity index (χ1) is 15.0. The Morgan fingerprint density at radius 3 is 2.77 bits per heavy atom. The maximum Gasteiger partial charge on any atom is 0.244 e. The normalized spacial score (nSPS) is 11.0. The fourth-order valence-corrected chi connectivity index (χ4v) is 3.33. The van der Waals surface area contributed by atoms with Crippen molar-refractivity contribution in [2.24, 2.45) is 0 Å². The van der Waals surface area contributed by atoms with Crippen molar-refractivity contribution < 1.29 is 14.3 Å². The molecule has 1 aromatic heterocycles. The van der Waals surface area contributed by atoms with E-state index < -0.39 is 0 Å². The van der Waals surface area contributed by atoms with Crippen LogP contribution in [0.2, 0.25) is 5.02 Å². The fourth-order valence-electron chi connectivity index (χ4n) is 3.13. The second-order valence-electron chi connectivity index (χ2n) is 6.93. The molecule has 0 fully saturated rings. The van der Waals surface area contributed by atoms with Crippen LogP contribution in [0.5, 0.6) is 11.5 Å². The van der Waals surface area contributed by atoms with Crippen molar-refractivity contribution in [2.45, 2.75) is 33.5 Å². The number of carbonyl (C=O) groups excluding carboxylic acids is 1. The van der Waals surface area contributed by atoms with Gasteiger partial charge in [-0.15, -0.1) is 0 Å². The molecule has 0 spiro atoms. The number of nitrogens with zero attached hydrogens (tertiary/aromatic N) is 2. The molecule has 6 nitrogen and oxygen atoms in total. The van der Waals surface area contributed by atoms with Crippen molar-refractivity contribution in [1.82, 2.24) is 15.1 Å². The van der Waals surface area contributed by atoms with Gasteiger partial charge in [0.2, 0.25) is 5.91 Å². The first kappa shape index (κ1) is 22.4. The van der Waals surface area contributed by atoms with Crippen LogP contribution in [0.3, 0.4) is 0 Å². The average molecular weight is 440 g/mol. The number of hydrogen-bond donors (Lipinski definition) is 1. The minimum atomic E-state index is -0.214. The number of carbonyl (C=O) groups is 1. The van der Waals surface area contributed by atoms with Gasteiger partial charge in [-0.05, 0) is 49.2 Å². The van der Waals surface area contributed by atoms with Crippen molar-refractivity contribution in [2.75, 3.05) is 7.11 Å². The first-order valence-electron chi connectivity index (χ1n) is 10.0. The molecule has 3 aromatic rings. The number of para-hydroxylation sites is 1. The van der Waals surface area contributed by atoms with Crippen molar-refractivity contribution in [3.8, 4) is 11.5 Å². The van der Waals surface area contributed by atoms with Crippen molar-refractivity contribution in [3.05, 3.63) is 82.1 Å². The van der Waals surface area contributed by atoms with E-state index in [2.05, 4.69) is 10.4 Å². The monoisotopic (exact) mass is 439 g/mol. The first-order valence-corrected chi connectivity index (χ1v) is 10.4. The third kappa shape index (κ3) is 5.89. The van der Waals surface area contributed by atoms with Gasteiger partial charge in [-0.2, -0.15) is 5.10 Å². The average Bonchev–Trinajstić information content (AvgIpc) is 3.15. The summed E-state index contributed by atoms with van der Waals surface area (Å²) >= 11 is 6.13. The summed E-state index contributed by atoms with van der Waals surface area (Å²) in [6, 6.07) is 13.6. The number of hydrogen-bond acceptors (Lipinski definition) is 4. The van der Waals surface area contributed by atoms with Gasteiger partial charge in [0.25, 0.3) is 0 Å². The number of aromatic nitrogens is 2. The van der Waals surface area contributed by atoms with Gasteiger partial charge < -0.3 is 14.8 Å². The molecule has 0 saturated carbocycles. The SMILES string of the molecule is CCn1ncc(Cl)c1CNC(=O)/C=C/c1ccc(OC)c(COc2ccccc2C)c1. The zero-order valence-electron chi connectivity index (χ0n) is 17.9. The summed E-state index contributed by atoms with van der Waals surface area (Å²) in [6.07, 6.45) is 4.83. The molecule has 2 aromatic carbocycles. The largest absolute Gasteiger partial charge is 0.496 e. The topological polar surface area (TPSA) is 65.4 Å². The van der Waals surface area contributed by atoms with Crippen molar-refractivity contribution in [3.63, 3.8) is 0 Å². The molecule has 0 aliphatic heterocycles. The second kappa shape index (κ2) is 10.7. The summed E-state index contributed by atoms with van der Waals surface area (Å²) < 4.78 is 13.2. The molecule has 0 atom stereocenters. The summed E-state index contributed by atoms with van der Waals surface area (Å²) in [5.74, 6) is 1.35. The minimum absolute atomic E-state index is 0.214. The van der Waals surface area contributed by atoms with Crippen LogP contribution in [-0.4, -0.2) is 22.8 Å². The van der Waals surface area contributed by atoms with Gasteiger partial charge in [-0.3, -0.25) is 9.48 Å². The van der Waals surface area contributed by atoms with E-state index in [1.165, 1.54) is 6.08 Å². The third-order valence-corrected chi connectivity index (χ3v) is 5.15. The van der Waals surface area contributed by atoms with E-state index in [9.17, 15) is 4.79 Å². The molecule has 0 bridgehead atoms. The molecule has 162 valence electrons. The molecule has 1 amide bonds. The van der Waals surface area contributed by atoms with E-state index in [0.29, 0.717) is 24.7 Å². The van der Waals surface area contributed by atoms with Crippen LogP contribution in [0.4, 0.5) is 0 Å². The molecule has 7 heteroatoms. The van der Waals surface area contributed by atoms with E-state index >= 15 is 0 Å². The Labute approximate surface area is 187 Å². The van der Waals surface area contributed by atoms with Crippen molar-refractivity contribution in [1.29, 1.82) is 0 Å². The Bertz CT molecular complexity index is 1080. The highest BCUT2D eigenvalue weighted by Gasteiger charge is 2.09. The van der Waals surface area contributed by atoms with E-state index in [-0.39, 0.29) is 5.91 Å². The lowest BCUT2D eigenvalue weighted by atomic mass is 10.1. The Morgan fingerprint density at radius 2 is 2.03 bits per heavy atom. The minimum Gasteiger partial charge on any atom is -0.496 e. The predicted octanol–water partition coefficient (Wildman–Crippen LogP) is 4.78. The molecule has 1 N–H and O–H groups in total. The molecule has 1 heterocycles. The molecule has 0 saturated heterocycles. The molecule has 3 rings (SSSR count). The Balaban J connectivity index is 1.64. The van der Waals surface area contributed by atoms with Gasteiger partial charge in [0.15, 0.2) is 0 Å². The zero-order chi connectivity index (χ0) is 22.2. The molecular weight excluding hydrogens is 414 g/mol. The number of benzene rings is 2. The van der Waals surface area contributed by atoms with Gasteiger partial charge in [-0.1, -0.05) is 35.9 Å². The third-order valence-electron chi connectivity index (χ3n) is 4.84. The lowest BCUT2D eigenvalue weighted by Crippen LogP contribution is -2.22. The lowest BCUT2D eigenvalue weighted by Gasteiger charge is -2.12. The molecule has 31 heavy (non-hydrogen) atoms. The number of rotatable bonds is 9. The summed E-state index contributed by atoms with van der Waals surface area (Å²) in [5, 5.41) is 7.55. The molecule has 0 radical (unpaired) electrons. The van der Waals surface area contributed by atoms with Crippen LogP contribution in [0.15, 0.2) is 54.7 Å². The van der Waals surface area contributed by atoms with Crippen LogP contribution >= 0.6 is 11.6 Å². The highest BCUT2D eigenvalue weighted by atomic mass is 35.5. The fraction of sp³-hybridized carbons (Fsp3) is 0.250. The number of amides is 1. The van der Waals surface area contributed by atoms with E-state index in [4.69, 9.17) is 21.1 Å². The van der Waals surface area contributed by atoms with Gasteiger partial charge >= 0.3 is 0 Å². The standard InChI is InChI=1S/C24H26ClN3O3/c1-4-28-21(20(25)14-27-28)15-26-24(29)12-10-18-9-11-23(30-3)19(13-18)16-31-22-8-6-5-7-17(22)2/h5-14H,4,15-16H2,1-3H3,(H,26,29)/b12-10+. The summed E-state index contributed by atoms with van der Waals surface area (Å²) in [5.41, 5.74) is 3.62. The number of halogens is 1. The van der Waals surface area contributed by atoms with Gasteiger partial charge in [0, 0.05) is 18.2 Å². The summed E-state index contributed by atoms with van der Waals surface area (Å²) in [6.45, 7) is 5.34. The van der Waals surface area contributed by atoms with E-state index in [0.717, 1.165) is 33.9 Å². The number of methoxy groups -OCH3 is 1. The summed E-state index contributed by atoms with van der Waals surface area (Å²) in [7, 11) is 1.63. The van der Waals surface area contributed by atoms with E-state index in [1.807, 2.05) is 56.3 Å². The van der Waals surface area contributed by atoms with Crippen LogP contribution in [0.1, 0.15) is 29.3 Å². The summed E-state index contributed by atoms with van der Waals surface area (Å²) in [4.78, 5) is 12.3. The van der Waals surface area contributed by atoms with Crippen LogP contribution in [-0.2, 0) is 24.5 Å². The maximum absolute atomic E-state index is 12.3. The number of aryl methyl sites for hydroxylation is 2. The van der Waals surface area contributed by atoms with Crippen molar-refractivity contribution >= 4 is 23.6 Å². The predicted molar refractivity (Wildman–Crippen MR) is 122 cm³/mol. The highest BCUT2D eigenvalue weighted by Crippen LogP contribution is 2.24. The smallest absolute Gasteiger partial charge is 0.244 e. The van der Waals surface area contributed by atoms with E-state index in [1.54, 1.807) is 24.1 Å². The van der Waals surface area contributed by atoms with Gasteiger partial charge in [0.05, 0.1) is 30.6 Å².